The van der Waals surface area contributed by atoms with Crippen molar-refractivity contribution in [1.82, 2.24) is 0 Å². The number of benzene rings is 2. The Hall–Kier alpha value is -0.780. The van der Waals surface area contributed by atoms with Gasteiger partial charge in [0.1, 0.15) is 11.5 Å². The zero-order valence-corrected chi connectivity index (χ0v) is 14.6. The van der Waals surface area contributed by atoms with Crippen LogP contribution in [-0.2, 0) is 15.3 Å². The molecule has 1 aliphatic heterocycles. The van der Waals surface area contributed by atoms with Crippen molar-refractivity contribution in [1.29, 1.82) is 0 Å². The van der Waals surface area contributed by atoms with Crippen LogP contribution in [0.4, 0.5) is 0 Å². The van der Waals surface area contributed by atoms with Crippen molar-refractivity contribution in [3.05, 3.63) is 58.1 Å². The first-order valence-corrected chi connectivity index (χ1v) is 8.58. The summed E-state index contributed by atoms with van der Waals surface area (Å²) in [4.78, 5) is 0. The molecule has 2 aromatic rings. The predicted molar refractivity (Wildman–Crippen MR) is 90.4 cm³/mol. The minimum Gasteiger partial charge on any atom is -0.457 e. The molecule has 0 spiro atoms. The second kappa shape index (κ2) is 6.77. The first-order chi connectivity index (χ1) is 10.6. The summed E-state index contributed by atoms with van der Waals surface area (Å²) in [6.07, 6.45) is 0. The Balaban J connectivity index is 1.84. The molecule has 3 rings (SSSR count). The zero-order valence-electron chi connectivity index (χ0n) is 11.5. The van der Waals surface area contributed by atoms with Gasteiger partial charge in [0.05, 0.1) is 23.6 Å². The van der Waals surface area contributed by atoms with Crippen LogP contribution >= 0.6 is 39.1 Å². The highest BCUT2D eigenvalue weighted by Crippen LogP contribution is 2.39. The van der Waals surface area contributed by atoms with E-state index in [9.17, 15) is 0 Å². The highest BCUT2D eigenvalue weighted by atomic mass is 79.9. The summed E-state index contributed by atoms with van der Waals surface area (Å²) >= 11 is 15.7. The maximum absolute atomic E-state index is 6.39. The van der Waals surface area contributed by atoms with Crippen molar-refractivity contribution in [2.45, 2.75) is 5.79 Å². The van der Waals surface area contributed by atoms with Crippen molar-refractivity contribution in [2.24, 2.45) is 0 Å². The van der Waals surface area contributed by atoms with Crippen molar-refractivity contribution < 1.29 is 14.2 Å². The summed E-state index contributed by atoms with van der Waals surface area (Å²) in [5.41, 5.74) is 0.784. The van der Waals surface area contributed by atoms with Gasteiger partial charge in [0.2, 0.25) is 5.79 Å². The van der Waals surface area contributed by atoms with Gasteiger partial charge < -0.3 is 14.2 Å². The molecule has 0 amide bonds. The number of halogens is 3. The summed E-state index contributed by atoms with van der Waals surface area (Å²) < 4.78 is 17.2. The standard InChI is InChI=1S/C16H13BrCl2O3/c17-10-16(20-7-8-21-16)14-6-5-13(9-15(14)19)22-12-3-1-11(18)2-4-12/h1-6,9H,7-8,10H2. The van der Waals surface area contributed by atoms with Crippen LogP contribution in [-0.4, -0.2) is 18.5 Å². The van der Waals surface area contributed by atoms with Crippen LogP contribution in [0.1, 0.15) is 5.56 Å². The molecule has 6 heteroatoms. The lowest BCUT2D eigenvalue weighted by molar-refractivity contribution is -0.144. The fourth-order valence-electron chi connectivity index (χ4n) is 2.27. The van der Waals surface area contributed by atoms with Gasteiger partial charge in [0.25, 0.3) is 0 Å². The molecule has 0 bridgehead atoms. The van der Waals surface area contributed by atoms with Crippen LogP contribution in [0.3, 0.4) is 0 Å². The van der Waals surface area contributed by atoms with Gasteiger partial charge in [0, 0.05) is 10.6 Å². The Labute approximate surface area is 147 Å². The summed E-state index contributed by atoms with van der Waals surface area (Å²) in [7, 11) is 0. The molecule has 0 aliphatic carbocycles. The van der Waals surface area contributed by atoms with Crippen molar-refractivity contribution in [2.75, 3.05) is 18.5 Å². The van der Waals surface area contributed by atoms with E-state index in [0.29, 0.717) is 40.1 Å². The summed E-state index contributed by atoms with van der Waals surface area (Å²) in [5, 5.41) is 1.71. The molecular weight excluding hydrogens is 391 g/mol. The Bertz CT molecular complexity index is 655. The van der Waals surface area contributed by atoms with Crippen LogP contribution in [0.15, 0.2) is 42.5 Å². The summed E-state index contributed by atoms with van der Waals surface area (Å²) in [6, 6.07) is 12.6. The number of hydrogen-bond donors (Lipinski definition) is 0. The van der Waals surface area contributed by atoms with E-state index in [1.807, 2.05) is 12.1 Å². The first-order valence-electron chi connectivity index (χ1n) is 6.70. The monoisotopic (exact) mass is 402 g/mol. The van der Waals surface area contributed by atoms with Crippen LogP contribution in [0, 0.1) is 0 Å². The lowest BCUT2D eigenvalue weighted by Gasteiger charge is -2.26. The molecule has 1 aliphatic rings. The molecule has 116 valence electrons. The van der Waals surface area contributed by atoms with Gasteiger partial charge in [-0.05, 0) is 42.5 Å². The number of hydrogen-bond acceptors (Lipinski definition) is 3. The largest absolute Gasteiger partial charge is 0.457 e. The summed E-state index contributed by atoms with van der Waals surface area (Å²) in [5.74, 6) is 0.506. The third-order valence-corrected chi connectivity index (χ3v) is 4.63. The molecule has 0 N–H and O–H groups in total. The molecule has 1 saturated heterocycles. The van der Waals surface area contributed by atoms with E-state index in [1.165, 1.54) is 0 Å². The second-order valence-electron chi connectivity index (χ2n) is 4.78. The topological polar surface area (TPSA) is 27.7 Å². The van der Waals surface area contributed by atoms with E-state index in [4.69, 9.17) is 37.4 Å². The quantitative estimate of drug-likeness (QED) is 0.641. The van der Waals surface area contributed by atoms with Gasteiger partial charge in [0.15, 0.2) is 0 Å². The highest BCUT2D eigenvalue weighted by Gasteiger charge is 2.39. The lowest BCUT2D eigenvalue weighted by atomic mass is 10.1. The van der Waals surface area contributed by atoms with Crippen LogP contribution in [0.5, 0.6) is 11.5 Å². The SMILES string of the molecule is Clc1ccc(Oc2ccc(C3(CBr)OCCO3)c(Cl)c2)cc1. The third-order valence-electron chi connectivity index (χ3n) is 3.33. The fraction of sp³-hybridized carbons (Fsp3) is 0.250. The number of alkyl halides is 1. The van der Waals surface area contributed by atoms with E-state index >= 15 is 0 Å². The van der Waals surface area contributed by atoms with Crippen LogP contribution < -0.4 is 4.74 Å². The maximum Gasteiger partial charge on any atom is 0.206 e. The maximum atomic E-state index is 6.39. The molecule has 0 saturated carbocycles. The summed E-state index contributed by atoms with van der Waals surface area (Å²) in [6.45, 7) is 1.09. The molecule has 2 aromatic carbocycles. The Morgan fingerprint density at radius 3 is 2.23 bits per heavy atom. The lowest BCUT2D eigenvalue weighted by Crippen LogP contribution is -2.29. The van der Waals surface area contributed by atoms with Crippen LogP contribution in [0.25, 0.3) is 0 Å². The minimum atomic E-state index is -0.824. The number of ether oxygens (including phenoxy) is 3. The van der Waals surface area contributed by atoms with E-state index in [0.717, 1.165) is 5.56 Å². The average Bonchev–Trinajstić information content (AvgIpc) is 3.00. The third kappa shape index (κ3) is 3.26. The predicted octanol–water partition coefficient (Wildman–Crippen LogP) is 5.38. The van der Waals surface area contributed by atoms with E-state index in [2.05, 4.69) is 15.9 Å². The molecule has 22 heavy (non-hydrogen) atoms. The number of rotatable bonds is 4. The highest BCUT2D eigenvalue weighted by molar-refractivity contribution is 9.09. The molecule has 1 heterocycles. The van der Waals surface area contributed by atoms with Crippen LogP contribution in [0.2, 0.25) is 10.0 Å². The fourth-order valence-corrected chi connectivity index (χ4v) is 3.33. The zero-order chi connectivity index (χ0) is 15.6. The second-order valence-corrected chi connectivity index (χ2v) is 6.19. The minimum absolute atomic E-state index is 0.511. The first kappa shape index (κ1) is 16.1. The average molecular weight is 404 g/mol. The van der Waals surface area contributed by atoms with Gasteiger partial charge in [-0.3, -0.25) is 0 Å². The van der Waals surface area contributed by atoms with Crippen molar-refractivity contribution in [3.63, 3.8) is 0 Å². The van der Waals surface area contributed by atoms with E-state index in [1.54, 1.807) is 30.3 Å². The van der Waals surface area contributed by atoms with Crippen molar-refractivity contribution in [3.8, 4) is 11.5 Å². The molecular formula is C16H13BrCl2O3. The van der Waals surface area contributed by atoms with Gasteiger partial charge in [-0.15, -0.1) is 0 Å². The molecule has 0 aromatic heterocycles. The molecule has 1 fully saturated rings. The van der Waals surface area contributed by atoms with E-state index < -0.39 is 5.79 Å². The van der Waals surface area contributed by atoms with Gasteiger partial charge in [-0.1, -0.05) is 39.1 Å². The Morgan fingerprint density at radius 1 is 1.00 bits per heavy atom. The molecule has 0 atom stereocenters. The van der Waals surface area contributed by atoms with Gasteiger partial charge in [-0.2, -0.15) is 0 Å². The normalized spacial score (nSPS) is 16.7. The molecule has 0 radical (unpaired) electrons. The molecule has 0 unspecified atom stereocenters. The Morgan fingerprint density at radius 2 is 1.64 bits per heavy atom. The van der Waals surface area contributed by atoms with Gasteiger partial charge in [-0.25, -0.2) is 0 Å². The smallest absolute Gasteiger partial charge is 0.206 e. The molecule has 3 nitrogen and oxygen atoms in total. The van der Waals surface area contributed by atoms with Gasteiger partial charge >= 0.3 is 0 Å². The van der Waals surface area contributed by atoms with E-state index in [-0.39, 0.29) is 0 Å². The van der Waals surface area contributed by atoms with Crippen molar-refractivity contribution >= 4 is 39.1 Å². The Kier molecular flexibility index (Phi) is 4.95.